The Hall–Kier alpha value is -2.45. The first-order valence-corrected chi connectivity index (χ1v) is 8.00. The Morgan fingerprint density at radius 2 is 1.40 bits per heavy atom. The van der Waals surface area contributed by atoms with E-state index in [4.69, 9.17) is 0 Å². The van der Waals surface area contributed by atoms with Gasteiger partial charge in [0.25, 0.3) is 0 Å². The van der Waals surface area contributed by atoms with Crippen molar-refractivity contribution >= 4 is 17.7 Å². The van der Waals surface area contributed by atoms with Gasteiger partial charge in [0.2, 0.25) is 17.7 Å². The summed E-state index contributed by atoms with van der Waals surface area (Å²) in [7, 11) is 0. The normalized spacial score (nSPS) is 11.1. The molecule has 0 fully saturated rings. The van der Waals surface area contributed by atoms with E-state index in [1.165, 1.54) is 22.0 Å². The molecule has 0 heterocycles. The minimum absolute atomic E-state index is 0.265. The van der Waals surface area contributed by atoms with E-state index in [-0.39, 0.29) is 37.4 Å². The zero-order valence-corrected chi connectivity index (χ0v) is 14.7. The van der Waals surface area contributed by atoms with Crippen molar-refractivity contribution in [2.75, 3.05) is 39.3 Å². The first kappa shape index (κ1) is 22.6. The van der Waals surface area contributed by atoms with Crippen molar-refractivity contribution in [1.29, 1.82) is 0 Å². The van der Waals surface area contributed by atoms with Crippen LogP contribution in [-0.2, 0) is 14.4 Å². The number of nitrogens with one attached hydrogen (secondary N) is 2. The highest BCUT2D eigenvalue weighted by Gasteiger charge is 2.15. The van der Waals surface area contributed by atoms with Gasteiger partial charge in [-0.25, -0.2) is 0 Å². The van der Waals surface area contributed by atoms with Crippen LogP contribution in [0.25, 0.3) is 0 Å². The van der Waals surface area contributed by atoms with Gasteiger partial charge in [-0.15, -0.1) is 0 Å². The van der Waals surface area contributed by atoms with Crippen molar-refractivity contribution in [2.24, 2.45) is 0 Å². The Bertz CT molecular complexity index is 491. The van der Waals surface area contributed by atoms with E-state index in [1.54, 1.807) is 6.92 Å². The number of aliphatic hydroxyl groups excluding tert-OH is 1. The quantitative estimate of drug-likeness (QED) is 0.299. The van der Waals surface area contributed by atoms with Gasteiger partial charge in [0.05, 0.1) is 0 Å². The average molecular weight is 352 g/mol. The highest BCUT2D eigenvalue weighted by atomic mass is 16.3. The number of hydrogen-bond acceptors (Lipinski definition) is 5. The number of hydrogen-bond donors (Lipinski definition) is 3. The van der Waals surface area contributed by atoms with Gasteiger partial charge in [0.15, 0.2) is 0 Å². The van der Waals surface area contributed by atoms with Crippen LogP contribution in [-0.4, -0.2) is 78.1 Å². The summed E-state index contributed by atoms with van der Waals surface area (Å²) in [6, 6.07) is 0. The van der Waals surface area contributed by atoms with Crippen molar-refractivity contribution in [3.63, 3.8) is 0 Å². The molecular weight excluding hydrogens is 324 g/mol. The fourth-order valence-electron chi connectivity index (χ4n) is 1.96. The second-order valence-corrected chi connectivity index (χ2v) is 5.18. The lowest BCUT2D eigenvalue weighted by Crippen LogP contribution is -2.45. The van der Waals surface area contributed by atoms with Gasteiger partial charge in [0, 0.05) is 39.3 Å². The topological polar surface area (TPSA) is 102 Å². The van der Waals surface area contributed by atoms with Crippen LogP contribution in [0.3, 0.4) is 0 Å². The third-order valence-corrected chi connectivity index (χ3v) is 3.30. The van der Waals surface area contributed by atoms with Crippen LogP contribution in [0.5, 0.6) is 0 Å². The van der Waals surface area contributed by atoms with Crippen LogP contribution in [0, 0.1) is 0 Å². The molecule has 0 bridgehead atoms. The van der Waals surface area contributed by atoms with Crippen LogP contribution >= 0.6 is 0 Å². The molecule has 8 heteroatoms. The van der Waals surface area contributed by atoms with Gasteiger partial charge < -0.3 is 20.2 Å². The van der Waals surface area contributed by atoms with Gasteiger partial charge in [0.1, 0.15) is 6.23 Å². The Labute approximate surface area is 148 Å². The van der Waals surface area contributed by atoms with Gasteiger partial charge in [-0.05, 0) is 25.2 Å². The summed E-state index contributed by atoms with van der Waals surface area (Å²) >= 11 is 0. The zero-order chi connectivity index (χ0) is 19.2. The van der Waals surface area contributed by atoms with Gasteiger partial charge >= 0.3 is 0 Å². The molecule has 0 saturated heterocycles. The van der Waals surface area contributed by atoms with Gasteiger partial charge in [-0.2, -0.15) is 0 Å². The first-order valence-electron chi connectivity index (χ1n) is 8.00. The van der Waals surface area contributed by atoms with Crippen molar-refractivity contribution in [2.45, 2.75) is 13.2 Å². The van der Waals surface area contributed by atoms with Crippen molar-refractivity contribution < 1.29 is 19.5 Å². The molecule has 1 unspecified atom stereocenters. The molecule has 3 amide bonds. The summed E-state index contributed by atoms with van der Waals surface area (Å²) in [5, 5.41) is 14.6. The molecule has 3 N–H and O–H groups in total. The zero-order valence-electron chi connectivity index (χ0n) is 14.7. The standard InChI is InChI=1S/C17H28N4O4/c1-5-15(23)19-9-11-21(17(25)7-3)13-12-20(16(24)6-2)10-8-18-14(4)22/h5-7,14,18,22H,1-3,8-13H2,4H3,(H,19,23). The molecule has 1 atom stereocenters. The number of rotatable bonds is 13. The lowest BCUT2D eigenvalue weighted by Gasteiger charge is -2.27. The summed E-state index contributed by atoms with van der Waals surface area (Å²) in [6.07, 6.45) is 2.86. The number of nitrogens with zero attached hydrogens (tertiary/aromatic N) is 2. The SMILES string of the molecule is C=CC(=O)NCCN(CCN(CCNC(C)O)C(=O)C=C)C(=O)C=C. The predicted molar refractivity (Wildman–Crippen MR) is 96.4 cm³/mol. The van der Waals surface area contributed by atoms with Gasteiger partial charge in [-0.1, -0.05) is 19.7 Å². The summed E-state index contributed by atoms with van der Waals surface area (Å²) in [6.45, 7) is 13.8. The number of aliphatic hydroxyl groups is 1. The van der Waals surface area contributed by atoms with Crippen LogP contribution in [0.1, 0.15) is 6.92 Å². The molecule has 140 valence electrons. The average Bonchev–Trinajstić information content (AvgIpc) is 2.60. The van der Waals surface area contributed by atoms with E-state index < -0.39 is 6.23 Å². The fraction of sp³-hybridized carbons (Fsp3) is 0.471. The molecule has 0 aliphatic rings. The maximum atomic E-state index is 11.9. The van der Waals surface area contributed by atoms with E-state index in [0.717, 1.165) is 6.08 Å². The van der Waals surface area contributed by atoms with Crippen molar-refractivity contribution in [3.05, 3.63) is 38.0 Å². The minimum atomic E-state index is -0.673. The van der Waals surface area contributed by atoms with Gasteiger partial charge in [-0.3, -0.25) is 19.7 Å². The molecule has 0 rings (SSSR count). The Balaban J connectivity index is 4.65. The van der Waals surface area contributed by atoms with E-state index in [1.807, 2.05) is 0 Å². The highest BCUT2D eigenvalue weighted by Crippen LogP contribution is 1.96. The fourth-order valence-corrected chi connectivity index (χ4v) is 1.96. The summed E-state index contributed by atoms with van der Waals surface area (Å²) in [5.41, 5.74) is 0. The molecule has 25 heavy (non-hydrogen) atoms. The maximum absolute atomic E-state index is 11.9. The molecule has 0 aliphatic heterocycles. The van der Waals surface area contributed by atoms with Crippen molar-refractivity contribution in [3.8, 4) is 0 Å². The van der Waals surface area contributed by atoms with E-state index in [2.05, 4.69) is 30.4 Å². The highest BCUT2D eigenvalue weighted by molar-refractivity contribution is 5.88. The second-order valence-electron chi connectivity index (χ2n) is 5.18. The molecule has 0 radical (unpaired) electrons. The van der Waals surface area contributed by atoms with E-state index in [9.17, 15) is 19.5 Å². The molecule has 0 aromatic rings. The largest absolute Gasteiger partial charge is 0.379 e. The third-order valence-electron chi connectivity index (χ3n) is 3.30. The maximum Gasteiger partial charge on any atom is 0.246 e. The number of carbonyl (C=O) groups is 3. The first-order chi connectivity index (χ1) is 11.8. The second kappa shape index (κ2) is 12.9. The monoisotopic (exact) mass is 352 g/mol. The van der Waals surface area contributed by atoms with Crippen LogP contribution in [0.2, 0.25) is 0 Å². The van der Waals surface area contributed by atoms with Crippen LogP contribution in [0.4, 0.5) is 0 Å². The summed E-state index contributed by atoms with van der Waals surface area (Å²) in [5.74, 6) is -0.877. The molecule has 8 nitrogen and oxygen atoms in total. The summed E-state index contributed by atoms with van der Waals surface area (Å²) in [4.78, 5) is 38.0. The minimum Gasteiger partial charge on any atom is -0.379 e. The Morgan fingerprint density at radius 3 is 1.80 bits per heavy atom. The third kappa shape index (κ3) is 10.1. The molecule has 0 spiro atoms. The summed E-state index contributed by atoms with van der Waals surface area (Å²) < 4.78 is 0. The number of amides is 3. The predicted octanol–water partition coefficient (Wildman–Crippen LogP) is -0.754. The Morgan fingerprint density at radius 1 is 0.920 bits per heavy atom. The molecule has 0 saturated carbocycles. The Kier molecular flexibility index (Phi) is 11.6. The lowest BCUT2D eigenvalue weighted by molar-refractivity contribution is -0.130. The molecule has 0 aliphatic carbocycles. The smallest absolute Gasteiger partial charge is 0.246 e. The molecule has 0 aromatic carbocycles. The van der Waals surface area contributed by atoms with Crippen LogP contribution < -0.4 is 10.6 Å². The van der Waals surface area contributed by atoms with E-state index in [0.29, 0.717) is 19.6 Å². The van der Waals surface area contributed by atoms with Crippen molar-refractivity contribution in [1.82, 2.24) is 20.4 Å². The molecular formula is C17H28N4O4. The van der Waals surface area contributed by atoms with E-state index >= 15 is 0 Å². The lowest BCUT2D eigenvalue weighted by atomic mass is 10.3. The van der Waals surface area contributed by atoms with Crippen LogP contribution in [0.15, 0.2) is 38.0 Å². The molecule has 0 aromatic heterocycles. The number of carbonyl (C=O) groups excluding carboxylic acids is 3.